The molecule has 31 heavy (non-hydrogen) atoms. The predicted octanol–water partition coefficient (Wildman–Crippen LogP) is 2.22. The molecule has 3 aromatic rings. The molecule has 8 heteroatoms. The molecular weight excluding hydrogens is 402 g/mol. The number of ether oxygens (including phenoxy) is 3. The van der Waals surface area contributed by atoms with E-state index in [2.05, 4.69) is 5.32 Å². The van der Waals surface area contributed by atoms with Crippen LogP contribution in [0.15, 0.2) is 63.8 Å². The van der Waals surface area contributed by atoms with Crippen molar-refractivity contribution in [3.63, 3.8) is 0 Å². The largest absolute Gasteiger partial charge is 0.497 e. The van der Waals surface area contributed by atoms with Crippen LogP contribution in [-0.2, 0) is 32.1 Å². The van der Waals surface area contributed by atoms with Crippen LogP contribution in [0, 0.1) is 0 Å². The first-order chi connectivity index (χ1) is 15.0. The molecule has 8 nitrogen and oxygen atoms in total. The minimum Gasteiger partial charge on any atom is -0.497 e. The van der Waals surface area contributed by atoms with E-state index in [0.29, 0.717) is 22.3 Å². The van der Waals surface area contributed by atoms with Crippen molar-refractivity contribution >= 4 is 22.8 Å². The molecule has 0 spiro atoms. The Morgan fingerprint density at radius 3 is 2.55 bits per heavy atom. The Morgan fingerprint density at radius 2 is 1.84 bits per heavy atom. The Labute approximate surface area is 178 Å². The minimum atomic E-state index is -0.995. The molecule has 1 atom stereocenters. The van der Waals surface area contributed by atoms with E-state index >= 15 is 0 Å². The first kappa shape index (κ1) is 22.0. The number of amides is 1. The molecule has 0 unspecified atom stereocenters. The fourth-order valence-corrected chi connectivity index (χ4v) is 3.13. The van der Waals surface area contributed by atoms with Crippen LogP contribution in [-0.4, -0.2) is 38.7 Å². The third-order valence-electron chi connectivity index (χ3n) is 4.63. The summed E-state index contributed by atoms with van der Waals surface area (Å²) < 4.78 is 20.6. The fraction of sp³-hybridized carbons (Fsp3) is 0.261. The van der Waals surface area contributed by atoms with Crippen molar-refractivity contribution in [1.29, 1.82) is 0 Å². The van der Waals surface area contributed by atoms with E-state index in [1.165, 1.54) is 20.3 Å². The number of rotatable bonds is 9. The zero-order valence-corrected chi connectivity index (χ0v) is 17.3. The van der Waals surface area contributed by atoms with Gasteiger partial charge in [0.1, 0.15) is 24.0 Å². The van der Waals surface area contributed by atoms with E-state index in [-0.39, 0.29) is 19.6 Å². The Morgan fingerprint density at radius 1 is 1.06 bits per heavy atom. The molecule has 0 saturated heterocycles. The van der Waals surface area contributed by atoms with Gasteiger partial charge in [0.2, 0.25) is 5.91 Å². The van der Waals surface area contributed by atoms with Gasteiger partial charge in [0.15, 0.2) is 0 Å². The number of esters is 1. The third kappa shape index (κ3) is 5.93. The van der Waals surface area contributed by atoms with Crippen LogP contribution in [0.3, 0.4) is 0 Å². The molecule has 1 heterocycles. The van der Waals surface area contributed by atoms with Crippen molar-refractivity contribution < 1.29 is 28.2 Å². The zero-order chi connectivity index (χ0) is 22.2. The SMILES string of the molecule is COC(=O)[C@H](Cc1cc(=O)oc2cc(OC)ccc12)NC(=O)COCc1ccccc1. The average Bonchev–Trinajstić information content (AvgIpc) is 2.78. The lowest BCUT2D eigenvalue weighted by molar-refractivity contribution is -0.145. The maximum Gasteiger partial charge on any atom is 0.336 e. The molecule has 1 N–H and O–H groups in total. The molecule has 1 amide bonds. The number of hydrogen-bond acceptors (Lipinski definition) is 7. The van der Waals surface area contributed by atoms with Gasteiger partial charge in [0, 0.05) is 23.9 Å². The summed E-state index contributed by atoms with van der Waals surface area (Å²) in [4.78, 5) is 36.6. The summed E-state index contributed by atoms with van der Waals surface area (Å²) >= 11 is 0. The van der Waals surface area contributed by atoms with E-state index in [9.17, 15) is 14.4 Å². The summed E-state index contributed by atoms with van der Waals surface area (Å²) in [5.41, 5.74) is 1.22. The summed E-state index contributed by atoms with van der Waals surface area (Å²) in [5.74, 6) is -0.576. The first-order valence-electron chi connectivity index (χ1n) is 9.60. The van der Waals surface area contributed by atoms with Crippen LogP contribution in [0.25, 0.3) is 11.0 Å². The molecule has 2 aromatic carbocycles. The number of hydrogen-bond donors (Lipinski definition) is 1. The van der Waals surface area contributed by atoms with Gasteiger partial charge in [0.05, 0.1) is 20.8 Å². The Bertz CT molecular complexity index is 1110. The minimum absolute atomic E-state index is 0.0472. The highest BCUT2D eigenvalue weighted by atomic mass is 16.5. The van der Waals surface area contributed by atoms with Crippen molar-refractivity contribution in [3.05, 3.63) is 76.1 Å². The van der Waals surface area contributed by atoms with Crippen molar-refractivity contribution in [2.24, 2.45) is 0 Å². The molecule has 0 aliphatic heterocycles. The van der Waals surface area contributed by atoms with Gasteiger partial charge in [-0.3, -0.25) is 4.79 Å². The second kappa shape index (κ2) is 10.4. The van der Waals surface area contributed by atoms with E-state index in [4.69, 9.17) is 18.6 Å². The molecule has 0 bridgehead atoms. The molecule has 0 radical (unpaired) electrons. The third-order valence-corrected chi connectivity index (χ3v) is 4.63. The van der Waals surface area contributed by atoms with Crippen molar-refractivity contribution in [2.75, 3.05) is 20.8 Å². The van der Waals surface area contributed by atoms with E-state index in [1.54, 1.807) is 18.2 Å². The fourth-order valence-electron chi connectivity index (χ4n) is 3.13. The number of benzene rings is 2. The zero-order valence-electron chi connectivity index (χ0n) is 17.3. The summed E-state index contributed by atoms with van der Waals surface area (Å²) in [5, 5.41) is 3.24. The summed E-state index contributed by atoms with van der Waals surface area (Å²) in [6.45, 7) is 0.0423. The van der Waals surface area contributed by atoms with Gasteiger partial charge in [-0.05, 0) is 23.3 Å². The molecule has 0 fully saturated rings. The van der Waals surface area contributed by atoms with Crippen molar-refractivity contribution in [1.82, 2.24) is 5.32 Å². The number of carbonyl (C=O) groups is 2. The smallest absolute Gasteiger partial charge is 0.336 e. The molecular formula is C23H23NO7. The van der Waals surface area contributed by atoms with Crippen LogP contribution in [0.2, 0.25) is 0 Å². The number of fused-ring (bicyclic) bond motifs is 1. The van der Waals surface area contributed by atoms with Gasteiger partial charge >= 0.3 is 11.6 Å². The van der Waals surface area contributed by atoms with Gasteiger partial charge in [-0.25, -0.2) is 9.59 Å². The monoisotopic (exact) mass is 425 g/mol. The summed E-state index contributed by atoms with van der Waals surface area (Å²) in [6, 6.07) is 14.7. The van der Waals surface area contributed by atoms with Crippen LogP contribution in [0.1, 0.15) is 11.1 Å². The van der Waals surface area contributed by atoms with Crippen LogP contribution >= 0.6 is 0 Å². The number of carbonyl (C=O) groups excluding carboxylic acids is 2. The molecule has 0 saturated carbocycles. The lowest BCUT2D eigenvalue weighted by Crippen LogP contribution is -2.44. The van der Waals surface area contributed by atoms with Gasteiger partial charge < -0.3 is 23.9 Å². The van der Waals surface area contributed by atoms with Gasteiger partial charge in [-0.15, -0.1) is 0 Å². The van der Waals surface area contributed by atoms with Gasteiger partial charge in [0.25, 0.3) is 0 Å². The highest BCUT2D eigenvalue weighted by Gasteiger charge is 2.23. The average molecular weight is 425 g/mol. The Kier molecular flexibility index (Phi) is 7.40. The van der Waals surface area contributed by atoms with Crippen LogP contribution in [0.4, 0.5) is 0 Å². The van der Waals surface area contributed by atoms with E-state index in [1.807, 2.05) is 30.3 Å². The number of methoxy groups -OCH3 is 2. The molecule has 3 rings (SSSR count). The second-order valence-corrected chi connectivity index (χ2v) is 6.78. The van der Waals surface area contributed by atoms with Crippen molar-refractivity contribution in [2.45, 2.75) is 19.1 Å². The predicted molar refractivity (Wildman–Crippen MR) is 113 cm³/mol. The first-order valence-corrected chi connectivity index (χ1v) is 9.60. The Balaban J connectivity index is 1.72. The molecule has 1 aromatic heterocycles. The van der Waals surface area contributed by atoms with Gasteiger partial charge in [-0.1, -0.05) is 30.3 Å². The molecule has 0 aliphatic carbocycles. The van der Waals surface area contributed by atoms with Gasteiger partial charge in [-0.2, -0.15) is 0 Å². The number of nitrogens with one attached hydrogen (secondary N) is 1. The Hall–Kier alpha value is -3.65. The van der Waals surface area contributed by atoms with Crippen LogP contribution in [0.5, 0.6) is 5.75 Å². The maximum absolute atomic E-state index is 12.3. The normalized spacial score (nSPS) is 11.7. The molecule has 162 valence electrons. The maximum atomic E-state index is 12.3. The summed E-state index contributed by atoms with van der Waals surface area (Å²) in [7, 11) is 2.74. The summed E-state index contributed by atoms with van der Waals surface area (Å²) in [6.07, 6.45) is 0.0472. The standard InChI is InChI=1S/C23H23NO7/c1-28-17-8-9-18-16(11-22(26)31-20(18)12-17)10-19(23(27)29-2)24-21(25)14-30-13-15-6-4-3-5-7-15/h3-9,11-12,19H,10,13-14H2,1-2H3,(H,24,25)/t19-/m0/s1. The topological polar surface area (TPSA) is 104 Å². The highest BCUT2D eigenvalue weighted by Crippen LogP contribution is 2.23. The van der Waals surface area contributed by atoms with E-state index in [0.717, 1.165) is 5.56 Å². The second-order valence-electron chi connectivity index (χ2n) is 6.78. The molecule has 0 aliphatic rings. The lowest BCUT2D eigenvalue weighted by atomic mass is 10.0. The lowest BCUT2D eigenvalue weighted by Gasteiger charge is -2.17. The van der Waals surface area contributed by atoms with E-state index < -0.39 is 23.5 Å². The quantitative estimate of drug-likeness (QED) is 0.414. The van der Waals surface area contributed by atoms with Crippen molar-refractivity contribution in [3.8, 4) is 5.75 Å². The highest BCUT2D eigenvalue weighted by molar-refractivity contribution is 5.87. The van der Waals surface area contributed by atoms with Crippen LogP contribution < -0.4 is 15.7 Å².